The number of methoxy groups -OCH3 is 1. The standard InChI is InChI=1S/C13H16N4O3/c1-19-12-5-4-11-15-10(8-17(11)16-12)13(18)14-7-9-3-2-6-20-9/h4-5,8-9H,2-3,6-7H2,1H3,(H,14,18)/t9-/m1/s1. The van der Waals surface area contributed by atoms with Gasteiger partial charge in [-0.15, -0.1) is 5.10 Å². The van der Waals surface area contributed by atoms with Crippen LogP contribution in [-0.4, -0.2) is 46.9 Å². The zero-order chi connectivity index (χ0) is 13.9. The van der Waals surface area contributed by atoms with Gasteiger partial charge in [0.2, 0.25) is 5.88 Å². The van der Waals surface area contributed by atoms with Gasteiger partial charge in [-0.25, -0.2) is 9.50 Å². The molecule has 0 aliphatic carbocycles. The lowest BCUT2D eigenvalue weighted by molar-refractivity contribution is 0.0854. The highest BCUT2D eigenvalue weighted by atomic mass is 16.5. The molecular weight excluding hydrogens is 260 g/mol. The minimum atomic E-state index is -0.218. The van der Waals surface area contributed by atoms with Gasteiger partial charge in [-0.3, -0.25) is 4.79 Å². The molecule has 2 aromatic heterocycles. The van der Waals surface area contributed by atoms with Crippen molar-refractivity contribution in [3.8, 4) is 5.88 Å². The smallest absolute Gasteiger partial charge is 0.271 e. The Bertz CT molecular complexity index is 619. The molecule has 1 aliphatic rings. The maximum atomic E-state index is 12.0. The van der Waals surface area contributed by atoms with E-state index in [4.69, 9.17) is 9.47 Å². The molecule has 1 N–H and O–H groups in total. The molecule has 0 aromatic carbocycles. The van der Waals surface area contributed by atoms with Gasteiger partial charge in [0.25, 0.3) is 5.91 Å². The predicted molar refractivity (Wildman–Crippen MR) is 70.8 cm³/mol. The number of amides is 1. The van der Waals surface area contributed by atoms with Crippen molar-refractivity contribution in [1.82, 2.24) is 19.9 Å². The SMILES string of the molecule is COc1ccc2nc(C(=O)NC[C@H]3CCCO3)cn2n1. The van der Waals surface area contributed by atoms with E-state index in [0.29, 0.717) is 23.8 Å². The number of fused-ring (bicyclic) bond motifs is 1. The summed E-state index contributed by atoms with van der Waals surface area (Å²) in [5.41, 5.74) is 0.941. The molecule has 106 valence electrons. The quantitative estimate of drug-likeness (QED) is 0.887. The molecule has 1 amide bonds. The van der Waals surface area contributed by atoms with Crippen LogP contribution in [0.4, 0.5) is 0 Å². The van der Waals surface area contributed by atoms with Gasteiger partial charge in [-0.2, -0.15) is 0 Å². The summed E-state index contributed by atoms with van der Waals surface area (Å²) >= 11 is 0. The average molecular weight is 276 g/mol. The third-order valence-electron chi connectivity index (χ3n) is 3.25. The van der Waals surface area contributed by atoms with Gasteiger partial charge < -0.3 is 14.8 Å². The van der Waals surface area contributed by atoms with E-state index < -0.39 is 0 Å². The first-order valence-corrected chi connectivity index (χ1v) is 6.56. The molecular formula is C13H16N4O3. The number of hydrogen-bond donors (Lipinski definition) is 1. The summed E-state index contributed by atoms with van der Waals surface area (Å²) in [6.45, 7) is 1.29. The molecule has 1 atom stereocenters. The lowest BCUT2D eigenvalue weighted by Gasteiger charge is -2.09. The molecule has 0 unspecified atom stereocenters. The van der Waals surface area contributed by atoms with Crippen molar-refractivity contribution >= 4 is 11.6 Å². The molecule has 0 bridgehead atoms. The van der Waals surface area contributed by atoms with Gasteiger partial charge in [0.15, 0.2) is 5.65 Å². The molecule has 1 saturated heterocycles. The van der Waals surface area contributed by atoms with E-state index in [1.165, 1.54) is 4.52 Å². The molecule has 0 spiro atoms. The maximum absolute atomic E-state index is 12.0. The zero-order valence-corrected chi connectivity index (χ0v) is 11.2. The van der Waals surface area contributed by atoms with Crippen molar-refractivity contribution in [2.24, 2.45) is 0 Å². The lowest BCUT2D eigenvalue weighted by atomic mass is 10.2. The van der Waals surface area contributed by atoms with Crippen molar-refractivity contribution < 1.29 is 14.3 Å². The number of carbonyl (C=O) groups is 1. The van der Waals surface area contributed by atoms with Crippen molar-refractivity contribution in [3.05, 3.63) is 24.0 Å². The summed E-state index contributed by atoms with van der Waals surface area (Å²) in [4.78, 5) is 16.2. The minimum absolute atomic E-state index is 0.120. The summed E-state index contributed by atoms with van der Waals surface area (Å²) < 4.78 is 12.0. The lowest BCUT2D eigenvalue weighted by Crippen LogP contribution is -2.31. The first kappa shape index (κ1) is 12.9. The molecule has 7 heteroatoms. The van der Waals surface area contributed by atoms with E-state index in [2.05, 4.69) is 15.4 Å². The molecule has 1 aliphatic heterocycles. The molecule has 3 rings (SSSR count). The van der Waals surface area contributed by atoms with Crippen LogP contribution in [0.5, 0.6) is 5.88 Å². The van der Waals surface area contributed by atoms with E-state index in [1.54, 1.807) is 25.4 Å². The van der Waals surface area contributed by atoms with Crippen LogP contribution >= 0.6 is 0 Å². The van der Waals surface area contributed by atoms with E-state index in [-0.39, 0.29) is 12.0 Å². The fourth-order valence-corrected chi connectivity index (χ4v) is 2.19. The Kier molecular flexibility index (Phi) is 3.51. The Balaban J connectivity index is 1.70. The van der Waals surface area contributed by atoms with Crippen molar-refractivity contribution in [2.45, 2.75) is 18.9 Å². The van der Waals surface area contributed by atoms with Gasteiger partial charge in [-0.1, -0.05) is 0 Å². The van der Waals surface area contributed by atoms with Crippen molar-refractivity contribution in [2.75, 3.05) is 20.3 Å². The maximum Gasteiger partial charge on any atom is 0.271 e. The number of rotatable bonds is 4. The highest BCUT2D eigenvalue weighted by molar-refractivity contribution is 5.92. The van der Waals surface area contributed by atoms with Gasteiger partial charge in [-0.05, 0) is 18.9 Å². The molecule has 1 fully saturated rings. The number of aromatic nitrogens is 3. The molecule has 20 heavy (non-hydrogen) atoms. The van der Waals surface area contributed by atoms with Crippen LogP contribution in [-0.2, 0) is 4.74 Å². The highest BCUT2D eigenvalue weighted by Gasteiger charge is 2.18. The summed E-state index contributed by atoms with van der Waals surface area (Å²) in [5, 5.41) is 6.99. The second-order valence-electron chi connectivity index (χ2n) is 4.65. The highest BCUT2D eigenvalue weighted by Crippen LogP contribution is 2.12. The number of hydrogen-bond acceptors (Lipinski definition) is 5. The fourth-order valence-electron chi connectivity index (χ4n) is 2.19. The zero-order valence-electron chi connectivity index (χ0n) is 11.2. The van der Waals surface area contributed by atoms with E-state index >= 15 is 0 Å². The minimum Gasteiger partial charge on any atom is -0.480 e. The second kappa shape index (κ2) is 5.46. The third-order valence-corrected chi connectivity index (χ3v) is 3.25. The first-order valence-electron chi connectivity index (χ1n) is 6.56. The van der Waals surface area contributed by atoms with Crippen LogP contribution in [0.1, 0.15) is 23.3 Å². The second-order valence-corrected chi connectivity index (χ2v) is 4.65. The predicted octanol–water partition coefficient (Wildman–Crippen LogP) is 0.647. The number of imidazole rings is 1. The van der Waals surface area contributed by atoms with Gasteiger partial charge in [0.1, 0.15) is 5.69 Å². The van der Waals surface area contributed by atoms with Gasteiger partial charge in [0.05, 0.1) is 19.4 Å². The van der Waals surface area contributed by atoms with Gasteiger partial charge >= 0.3 is 0 Å². The molecule has 3 heterocycles. The Morgan fingerprint density at radius 1 is 1.60 bits per heavy atom. The van der Waals surface area contributed by atoms with E-state index in [0.717, 1.165) is 19.4 Å². The summed E-state index contributed by atoms with van der Waals surface area (Å²) in [6, 6.07) is 3.46. The summed E-state index contributed by atoms with van der Waals surface area (Å²) in [6.07, 6.45) is 3.75. The number of ether oxygens (including phenoxy) is 2. The van der Waals surface area contributed by atoms with Crippen LogP contribution in [0.15, 0.2) is 18.3 Å². The number of nitrogens with one attached hydrogen (secondary N) is 1. The summed E-state index contributed by atoms with van der Waals surface area (Å²) in [5.74, 6) is 0.256. The first-order chi connectivity index (χ1) is 9.76. The summed E-state index contributed by atoms with van der Waals surface area (Å²) in [7, 11) is 1.54. The van der Waals surface area contributed by atoms with Crippen molar-refractivity contribution in [3.63, 3.8) is 0 Å². The monoisotopic (exact) mass is 276 g/mol. The van der Waals surface area contributed by atoms with Crippen LogP contribution in [0.2, 0.25) is 0 Å². The Labute approximate surface area is 115 Å². The van der Waals surface area contributed by atoms with Crippen LogP contribution in [0.25, 0.3) is 5.65 Å². The normalized spacial score (nSPS) is 18.4. The molecule has 2 aromatic rings. The molecule has 7 nitrogen and oxygen atoms in total. The number of nitrogens with zero attached hydrogens (tertiary/aromatic N) is 3. The van der Waals surface area contributed by atoms with Crippen LogP contribution in [0.3, 0.4) is 0 Å². The Morgan fingerprint density at radius 3 is 3.25 bits per heavy atom. The Morgan fingerprint density at radius 2 is 2.50 bits per heavy atom. The molecule has 0 radical (unpaired) electrons. The average Bonchev–Trinajstić information content (AvgIpc) is 3.12. The van der Waals surface area contributed by atoms with Crippen LogP contribution in [0, 0.1) is 0 Å². The van der Waals surface area contributed by atoms with E-state index in [1.807, 2.05) is 0 Å². The van der Waals surface area contributed by atoms with Gasteiger partial charge in [0, 0.05) is 19.2 Å². The molecule has 0 saturated carbocycles. The fraction of sp³-hybridized carbons (Fsp3) is 0.462. The topological polar surface area (TPSA) is 77.8 Å². The van der Waals surface area contributed by atoms with Crippen molar-refractivity contribution in [1.29, 1.82) is 0 Å². The number of carbonyl (C=O) groups excluding carboxylic acids is 1. The van der Waals surface area contributed by atoms with Crippen LogP contribution < -0.4 is 10.1 Å². The largest absolute Gasteiger partial charge is 0.480 e. The third kappa shape index (κ3) is 2.57. The Hall–Kier alpha value is -2.15. The van der Waals surface area contributed by atoms with E-state index in [9.17, 15) is 4.79 Å².